The van der Waals surface area contributed by atoms with Gasteiger partial charge >= 0.3 is 0 Å². The molecule has 46 valence electrons. The van der Waals surface area contributed by atoms with Crippen LogP contribution in [0.5, 0.6) is 0 Å². The van der Waals surface area contributed by atoms with Gasteiger partial charge in [0.25, 0.3) is 10.1 Å². The Hall–Kier alpha value is 0.533. The molecular formula is C3H8O3SZn. The molecule has 0 fully saturated rings. The molecule has 8 heavy (non-hydrogen) atoms. The SMILES string of the molecule is CCCS(=O)(=O)O.[Zn]. The molecule has 3 nitrogen and oxygen atoms in total. The minimum absolute atomic E-state index is 0. The quantitative estimate of drug-likeness (QED) is 0.502. The maximum atomic E-state index is 9.79. The Morgan fingerprint density at radius 2 is 1.88 bits per heavy atom. The first kappa shape index (κ1) is 11.3. The Morgan fingerprint density at radius 3 is 1.88 bits per heavy atom. The molecule has 0 saturated carbocycles. The van der Waals surface area contributed by atoms with Crippen molar-refractivity contribution in [2.24, 2.45) is 0 Å². The van der Waals surface area contributed by atoms with E-state index >= 15 is 0 Å². The molecule has 5 heteroatoms. The minimum Gasteiger partial charge on any atom is -0.286 e. The third-order valence-electron chi connectivity index (χ3n) is 0.462. The van der Waals surface area contributed by atoms with Crippen LogP contribution in [0.1, 0.15) is 13.3 Å². The van der Waals surface area contributed by atoms with E-state index in [9.17, 15) is 8.42 Å². The van der Waals surface area contributed by atoms with Gasteiger partial charge in [-0.25, -0.2) is 0 Å². The number of hydrogen-bond donors (Lipinski definition) is 1. The van der Waals surface area contributed by atoms with Crippen molar-refractivity contribution in [1.82, 2.24) is 0 Å². The molecule has 0 amide bonds. The van der Waals surface area contributed by atoms with Crippen LogP contribution in [-0.4, -0.2) is 18.7 Å². The smallest absolute Gasteiger partial charge is 0.264 e. The third-order valence-corrected chi connectivity index (χ3v) is 1.39. The number of hydrogen-bond acceptors (Lipinski definition) is 2. The zero-order valence-electron chi connectivity index (χ0n) is 4.79. The van der Waals surface area contributed by atoms with Crippen LogP contribution in [0, 0.1) is 0 Å². The summed E-state index contributed by atoms with van der Waals surface area (Å²) in [7, 11) is -3.67. The van der Waals surface area contributed by atoms with E-state index in [4.69, 9.17) is 4.55 Å². The first-order valence-corrected chi connectivity index (χ1v) is 3.62. The molecule has 0 atom stereocenters. The summed E-state index contributed by atoms with van der Waals surface area (Å²) in [6, 6.07) is 0. The summed E-state index contributed by atoms with van der Waals surface area (Å²) in [5.74, 6) is -0.132. The molecule has 0 aliphatic carbocycles. The van der Waals surface area contributed by atoms with Gasteiger partial charge in [0, 0.05) is 19.5 Å². The fraction of sp³-hybridized carbons (Fsp3) is 1.00. The molecule has 0 heterocycles. The standard InChI is InChI=1S/C3H8O3S.Zn/c1-2-3-7(4,5)6;/h2-3H2,1H3,(H,4,5,6);. The molecule has 0 aromatic rings. The van der Waals surface area contributed by atoms with Crippen molar-refractivity contribution in [3.05, 3.63) is 0 Å². The summed E-state index contributed by atoms with van der Waals surface area (Å²) in [5.41, 5.74) is 0. The Balaban J connectivity index is 0. The summed E-state index contributed by atoms with van der Waals surface area (Å²) in [6.45, 7) is 1.69. The minimum atomic E-state index is -3.67. The van der Waals surface area contributed by atoms with E-state index < -0.39 is 10.1 Å². The molecule has 0 aromatic heterocycles. The van der Waals surface area contributed by atoms with Gasteiger partial charge in [0.1, 0.15) is 0 Å². The van der Waals surface area contributed by atoms with E-state index in [1.807, 2.05) is 0 Å². The van der Waals surface area contributed by atoms with Crippen molar-refractivity contribution in [1.29, 1.82) is 0 Å². The van der Waals surface area contributed by atoms with E-state index in [2.05, 4.69) is 0 Å². The van der Waals surface area contributed by atoms with Gasteiger partial charge < -0.3 is 0 Å². The molecule has 0 unspecified atom stereocenters. The molecule has 0 radical (unpaired) electrons. The molecule has 0 rings (SSSR count). The van der Waals surface area contributed by atoms with Crippen LogP contribution in [0.2, 0.25) is 0 Å². The topological polar surface area (TPSA) is 54.4 Å². The van der Waals surface area contributed by atoms with Gasteiger partial charge in [-0.2, -0.15) is 8.42 Å². The summed E-state index contributed by atoms with van der Waals surface area (Å²) in [4.78, 5) is 0. The monoisotopic (exact) mass is 188 g/mol. The Kier molecular flexibility index (Phi) is 6.26. The van der Waals surface area contributed by atoms with Gasteiger partial charge in [0.05, 0.1) is 5.75 Å². The molecule has 1 N–H and O–H groups in total. The van der Waals surface area contributed by atoms with E-state index in [1.54, 1.807) is 6.92 Å². The second kappa shape index (κ2) is 4.42. The van der Waals surface area contributed by atoms with E-state index in [1.165, 1.54) is 0 Å². The molecule has 0 bridgehead atoms. The van der Waals surface area contributed by atoms with Crippen LogP contribution in [-0.2, 0) is 29.6 Å². The second-order valence-corrected chi connectivity index (χ2v) is 2.86. The predicted octanol–water partition coefficient (Wildman–Crippen LogP) is 0.282. The van der Waals surface area contributed by atoms with Crippen LogP contribution >= 0.6 is 0 Å². The van der Waals surface area contributed by atoms with Gasteiger partial charge in [-0.1, -0.05) is 6.92 Å². The first-order chi connectivity index (χ1) is 3.06. The Morgan fingerprint density at radius 1 is 1.50 bits per heavy atom. The third kappa shape index (κ3) is 9.73. The predicted molar refractivity (Wildman–Crippen MR) is 26.7 cm³/mol. The van der Waals surface area contributed by atoms with Crippen LogP contribution in [0.4, 0.5) is 0 Å². The molecule has 0 aliphatic heterocycles. The van der Waals surface area contributed by atoms with E-state index in [-0.39, 0.29) is 25.2 Å². The number of rotatable bonds is 2. The molecule has 0 aromatic carbocycles. The van der Waals surface area contributed by atoms with Crippen molar-refractivity contribution in [3.63, 3.8) is 0 Å². The van der Waals surface area contributed by atoms with Crippen molar-refractivity contribution in [2.45, 2.75) is 13.3 Å². The van der Waals surface area contributed by atoms with Crippen LogP contribution in [0.25, 0.3) is 0 Å². The van der Waals surface area contributed by atoms with E-state index in [0.29, 0.717) is 6.42 Å². The van der Waals surface area contributed by atoms with Gasteiger partial charge in [0.2, 0.25) is 0 Å². The van der Waals surface area contributed by atoms with Crippen LogP contribution in [0.15, 0.2) is 0 Å². The second-order valence-electron chi connectivity index (χ2n) is 1.29. The summed E-state index contributed by atoms with van der Waals surface area (Å²) < 4.78 is 27.6. The molecular weight excluding hydrogens is 181 g/mol. The van der Waals surface area contributed by atoms with Crippen LogP contribution in [0.3, 0.4) is 0 Å². The maximum Gasteiger partial charge on any atom is 0.264 e. The Bertz CT molecular complexity index is 127. The molecule has 0 saturated heterocycles. The normalized spacial score (nSPS) is 10.2. The zero-order chi connectivity index (χ0) is 5.91. The van der Waals surface area contributed by atoms with Gasteiger partial charge in [-0.05, 0) is 6.42 Å². The fourth-order valence-corrected chi connectivity index (χ4v) is 0.774. The largest absolute Gasteiger partial charge is 0.286 e. The fourth-order valence-electron chi connectivity index (χ4n) is 0.258. The summed E-state index contributed by atoms with van der Waals surface area (Å²) >= 11 is 0. The van der Waals surface area contributed by atoms with Crippen molar-refractivity contribution < 1.29 is 32.4 Å². The van der Waals surface area contributed by atoms with Gasteiger partial charge in [-0.15, -0.1) is 0 Å². The summed E-state index contributed by atoms with van der Waals surface area (Å²) in [6.07, 6.45) is 0.471. The van der Waals surface area contributed by atoms with Crippen molar-refractivity contribution >= 4 is 10.1 Å². The van der Waals surface area contributed by atoms with Crippen LogP contribution < -0.4 is 0 Å². The van der Waals surface area contributed by atoms with E-state index in [0.717, 1.165) is 0 Å². The average Bonchev–Trinajstić information content (AvgIpc) is 1.30. The molecule has 0 aliphatic rings. The first-order valence-electron chi connectivity index (χ1n) is 2.01. The van der Waals surface area contributed by atoms with Gasteiger partial charge in [-0.3, -0.25) is 4.55 Å². The Labute approximate surface area is 62.0 Å². The van der Waals surface area contributed by atoms with Crippen molar-refractivity contribution in [2.75, 3.05) is 5.75 Å². The van der Waals surface area contributed by atoms with Crippen molar-refractivity contribution in [3.8, 4) is 0 Å². The molecule has 0 spiro atoms. The maximum absolute atomic E-state index is 9.79. The summed E-state index contributed by atoms with van der Waals surface area (Å²) in [5, 5.41) is 0. The van der Waals surface area contributed by atoms with Gasteiger partial charge in [0.15, 0.2) is 0 Å². The zero-order valence-corrected chi connectivity index (χ0v) is 8.58. The average molecular weight is 190 g/mol.